The molecule has 0 saturated carbocycles. The topological polar surface area (TPSA) is 217 Å². The molecule has 3 fully saturated rings. The second-order valence-corrected chi connectivity index (χ2v) is 17.0. The minimum absolute atomic E-state index is 0.0162. The van der Waals surface area contributed by atoms with Gasteiger partial charge in [-0.15, -0.1) is 0 Å². The molecule has 0 aromatic heterocycles. The van der Waals surface area contributed by atoms with Crippen LogP contribution >= 0.6 is 0 Å². The Balaban J connectivity index is 1.11. The van der Waals surface area contributed by atoms with Gasteiger partial charge in [-0.25, -0.2) is 0 Å². The molecule has 0 spiro atoms. The van der Waals surface area contributed by atoms with Crippen molar-refractivity contribution in [2.75, 3.05) is 28.2 Å². The van der Waals surface area contributed by atoms with Gasteiger partial charge in [-0.3, -0.25) is 9.59 Å². The van der Waals surface area contributed by atoms with Crippen LogP contribution in [-0.2, 0) is 34.8 Å². The van der Waals surface area contributed by atoms with Crippen molar-refractivity contribution >= 4 is 11.6 Å². The number of aliphatic hydroxyl groups excluding tert-OH is 2. The number of hydrogen-bond donors (Lipinski definition) is 6. The van der Waals surface area contributed by atoms with Gasteiger partial charge in [0.25, 0.3) is 0 Å². The third kappa shape index (κ3) is 7.44. The van der Waals surface area contributed by atoms with E-state index < -0.39 is 113 Å². The first-order valence-corrected chi connectivity index (χ1v) is 20.2. The van der Waals surface area contributed by atoms with Crippen molar-refractivity contribution in [2.24, 2.45) is 0 Å². The fourth-order valence-electron chi connectivity index (χ4n) is 9.53. The summed E-state index contributed by atoms with van der Waals surface area (Å²) in [5.74, 6) is -3.02. The summed E-state index contributed by atoms with van der Waals surface area (Å²) in [5, 5.41) is 66.6. The third-order valence-corrected chi connectivity index (χ3v) is 12.9. The molecule has 3 heterocycles. The second kappa shape index (κ2) is 16.3. The van der Waals surface area contributed by atoms with Gasteiger partial charge in [0.05, 0.1) is 46.7 Å². The first-order valence-electron chi connectivity index (χ1n) is 20.2. The zero-order valence-corrected chi connectivity index (χ0v) is 34.3. The van der Waals surface area contributed by atoms with Crippen molar-refractivity contribution in [2.45, 2.75) is 152 Å². The highest BCUT2D eigenvalue weighted by Gasteiger charge is 2.51. The molecule has 2 aromatic rings. The number of carbonyl (C=O) groups excluding carboxylic acids is 2. The Labute approximate surface area is 338 Å². The molecule has 2 aliphatic carbocycles. The predicted molar refractivity (Wildman–Crippen MR) is 206 cm³/mol. The maximum absolute atomic E-state index is 13.8. The Kier molecular flexibility index (Phi) is 12.0. The molecule has 0 radical (unpaired) electrons. The highest BCUT2D eigenvalue weighted by molar-refractivity contribution is 6.31. The average molecular weight is 815 g/mol. The number of phenolic OH excluding ortho intramolecular Hbond substituents is 3. The molecule has 0 amide bonds. The van der Waals surface area contributed by atoms with Crippen molar-refractivity contribution < 1.29 is 68.6 Å². The molecule has 7 rings (SSSR count). The van der Waals surface area contributed by atoms with Crippen LogP contribution < -0.4 is 0 Å². The minimum Gasteiger partial charge on any atom is -0.507 e. The second-order valence-electron chi connectivity index (χ2n) is 17.0. The maximum atomic E-state index is 13.8. The molecule has 16 heteroatoms. The summed E-state index contributed by atoms with van der Waals surface area (Å²) in [4.78, 5) is 31.6. The van der Waals surface area contributed by atoms with Gasteiger partial charge in [0.2, 0.25) is 5.78 Å². The Hall–Kier alpha value is -3.26. The molecule has 3 aliphatic heterocycles. The van der Waals surface area contributed by atoms with E-state index in [1.54, 1.807) is 13.8 Å². The summed E-state index contributed by atoms with van der Waals surface area (Å²) < 4.78 is 38.5. The Bertz CT molecular complexity index is 1880. The Morgan fingerprint density at radius 2 is 1.28 bits per heavy atom. The van der Waals surface area contributed by atoms with Crippen LogP contribution in [0.3, 0.4) is 0 Å². The molecule has 0 bridgehead atoms. The van der Waals surface area contributed by atoms with Crippen molar-refractivity contribution in [3.8, 4) is 17.2 Å². The number of likely N-dealkylation sites (N-methyl/N-ethyl adjacent to an activating group) is 2. The van der Waals surface area contributed by atoms with Crippen molar-refractivity contribution in [1.82, 2.24) is 9.80 Å². The molecule has 58 heavy (non-hydrogen) atoms. The summed E-state index contributed by atoms with van der Waals surface area (Å²) >= 11 is 0. The summed E-state index contributed by atoms with van der Waals surface area (Å²) in [7, 11) is 7.72. The number of benzene rings is 2. The van der Waals surface area contributed by atoms with Crippen LogP contribution in [0.2, 0.25) is 0 Å². The van der Waals surface area contributed by atoms with E-state index in [2.05, 4.69) is 0 Å². The molecule has 3 saturated heterocycles. The Morgan fingerprint density at radius 1 is 0.741 bits per heavy atom. The zero-order chi connectivity index (χ0) is 42.1. The number of fused-ring (bicyclic) bond motifs is 3. The van der Waals surface area contributed by atoms with E-state index in [1.165, 1.54) is 18.2 Å². The Morgan fingerprint density at radius 3 is 1.83 bits per heavy atom. The van der Waals surface area contributed by atoms with Crippen molar-refractivity contribution in [3.05, 3.63) is 51.6 Å². The molecule has 320 valence electrons. The highest BCUT2D eigenvalue weighted by Crippen LogP contribution is 2.54. The zero-order valence-electron chi connectivity index (χ0n) is 34.3. The van der Waals surface area contributed by atoms with Crippen molar-refractivity contribution in [1.29, 1.82) is 0 Å². The molecule has 14 atom stereocenters. The van der Waals surface area contributed by atoms with E-state index in [9.17, 15) is 40.2 Å². The van der Waals surface area contributed by atoms with E-state index in [1.807, 2.05) is 51.8 Å². The highest BCUT2D eigenvalue weighted by atomic mass is 16.7. The number of aliphatic hydroxyl groups is 3. The summed E-state index contributed by atoms with van der Waals surface area (Å²) in [6.07, 6.45) is -6.81. The quantitative estimate of drug-likeness (QED) is 0.171. The molecular weight excluding hydrogens is 756 g/mol. The summed E-state index contributed by atoms with van der Waals surface area (Å²) in [5.41, 5.74) is -2.51. The molecule has 12 unspecified atom stereocenters. The van der Waals surface area contributed by atoms with Crippen LogP contribution in [0.4, 0.5) is 0 Å². The smallest absolute Gasteiger partial charge is 0.202 e. The molecule has 2 aromatic carbocycles. The van der Waals surface area contributed by atoms with E-state index in [4.69, 9.17) is 28.4 Å². The average Bonchev–Trinajstić information content (AvgIpc) is 3.16. The fourth-order valence-corrected chi connectivity index (χ4v) is 9.53. The third-order valence-electron chi connectivity index (χ3n) is 12.9. The molecule has 5 aliphatic rings. The summed E-state index contributed by atoms with van der Waals surface area (Å²) in [6.45, 7) is 7.23. The molecule has 6 N–H and O–H groups in total. The molecule has 16 nitrogen and oxygen atoms in total. The van der Waals surface area contributed by atoms with E-state index in [-0.39, 0.29) is 66.4 Å². The number of ether oxygens (including phenoxy) is 6. The van der Waals surface area contributed by atoms with E-state index in [0.29, 0.717) is 6.42 Å². The van der Waals surface area contributed by atoms with E-state index >= 15 is 0 Å². The van der Waals surface area contributed by atoms with Crippen LogP contribution in [-0.4, -0.2) is 159 Å². The van der Waals surface area contributed by atoms with Gasteiger partial charge in [-0.05, 0) is 74.3 Å². The lowest BCUT2D eigenvalue weighted by Gasteiger charge is -2.49. The van der Waals surface area contributed by atoms with Gasteiger partial charge in [0, 0.05) is 48.0 Å². The normalized spacial score (nSPS) is 37.8. The largest absolute Gasteiger partial charge is 0.507 e. The first kappa shape index (κ1) is 42.8. The number of carbonyl (C=O) groups is 2. The van der Waals surface area contributed by atoms with Crippen LogP contribution in [0.1, 0.15) is 109 Å². The van der Waals surface area contributed by atoms with Gasteiger partial charge < -0.3 is 68.9 Å². The lowest BCUT2D eigenvalue weighted by atomic mass is 9.71. The number of aromatic hydroxyl groups is 3. The van der Waals surface area contributed by atoms with Gasteiger partial charge in [0.15, 0.2) is 24.7 Å². The fraction of sp³-hybridized carbons (Fsp3) is 0.667. The van der Waals surface area contributed by atoms with Crippen LogP contribution in [0, 0.1) is 0 Å². The van der Waals surface area contributed by atoms with Gasteiger partial charge in [0.1, 0.15) is 41.7 Å². The predicted octanol–water partition coefficient (Wildman–Crippen LogP) is 2.48. The van der Waals surface area contributed by atoms with Gasteiger partial charge in [-0.1, -0.05) is 19.1 Å². The number of nitrogens with zero attached hydrogens (tertiary/aromatic N) is 2. The monoisotopic (exact) mass is 814 g/mol. The summed E-state index contributed by atoms with van der Waals surface area (Å²) in [6, 6.07) is 3.64. The minimum atomic E-state index is -1.54. The molecular formula is C42H58N2O14. The first-order chi connectivity index (χ1) is 27.4. The van der Waals surface area contributed by atoms with Gasteiger partial charge in [-0.2, -0.15) is 0 Å². The number of ketones is 2. The maximum Gasteiger partial charge on any atom is 0.202 e. The van der Waals surface area contributed by atoms with Crippen LogP contribution in [0.15, 0.2) is 18.2 Å². The van der Waals surface area contributed by atoms with Crippen LogP contribution in [0.5, 0.6) is 17.2 Å². The lowest BCUT2D eigenvalue weighted by Crippen LogP contribution is -2.60. The lowest BCUT2D eigenvalue weighted by molar-refractivity contribution is -0.329. The number of phenols is 3. The van der Waals surface area contributed by atoms with Gasteiger partial charge >= 0.3 is 0 Å². The number of rotatable bonds is 9. The number of hydrogen-bond acceptors (Lipinski definition) is 16. The van der Waals surface area contributed by atoms with Crippen molar-refractivity contribution in [3.63, 3.8) is 0 Å². The van der Waals surface area contributed by atoms with Crippen LogP contribution in [0.25, 0.3) is 0 Å². The van der Waals surface area contributed by atoms with E-state index in [0.717, 1.165) is 0 Å². The standard InChI is InChI=1S/C42H58N2O14/c1-9-42(52)14-13-22-31(38(51)33-32(36(22)49)37(50)30-21(35(33)48)11-10-12-25(30)45)41(42)58-28-16-24(44(7)8)39(20(4)55-28)56-27-15-23(43(5)6)40(19(3)54-27)57-29-17-26(46)34(47)18(2)53-29/h10-12,18-20,23-24,26-29,34,39-41,45-47,49,51-52H,9,13-17H2,1-8H3/t18?,19?,20?,23?,24?,26?,27?,28?,29?,34?,39?,40?,41-,42-/m1/s1. The SMILES string of the molecule is CC[C@@]1(O)CCc2c(O)c3c(c(O)c2[C@H]1OC1CC(N(C)C)C(OC2CC(N(C)C)C(OC4CC(O)C(O)C(C)O4)C(C)O2)C(C)O1)C(=O)c1cccc(O)c1C3=O.